The Hall–Kier alpha value is -4.04. The molecule has 0 unspecified atom stereocenters. The van der Waals surface area contributed by atoms with E-state index in [1.807, 2.05) is 70.2 Å². The van der Waals surface area contributed by atoms with Crippen LogP contribution in [0.4, 0.5) is 5.69 Å². The lowest BCUT2D eigenvalue weighted by Gasteiger charge is -2.24. The van der Waals surface area contributed by atoms with Gasteiger partial charge in [-0.15, -0.1) is 0 Å². The lowest BCUT2D eigenvalue weighted by Crippen LogP contribution is -2.26. The summed E-state index contributed by atoms with van der Waals surface area (Å²) in [6.45, 7) is 18.0. The van der Waals surface area contributed by atoms with Gasteiger partial charge in [0.05, 0.1) is 28.2 Å². The van der Waals surface area contributed by atoms with Gasteiger partial charge in [-0.1, -0.05) is 18.2 Å². The van der Waals surface area contributed by atoms with Crippen LogP contribution in [0.1, 0.15) is 70.1 Å². The van der Waals surface area contributed by atoms with Gasteiger partial charge in [-0.25, -0.2) is 9.36 Å². The first-order chi connectivity index (χ1) is 20.5. The molecule has 2 aromatic heterocycles. The number of nitrogens with one attached hydrogen (secondary N) is 2. The summed E-state index contributed by atoms with van der Waals surface area (Å²) in [6, 6.07) is 18.1. The Balaban J connectivity index is 1.77. The van der Waals surface area contributed by atoms with Gasteiger partial charge in [-0.05, 0) is 136 Å². The fraction of sp³-hybridized carbons (Fsp3) is 0.314. The smallest absolute Gasteiger partial charge is 0.275 e. The maximum Gasteiger partial charge on any atom is 0.275 e. The van der Waals surface area contributed by atoms with Crippen molar-refractivity contribution in [3.63, 3.8) is 0 Å². The highest BCUT2D eigenvalue weighted by atomic mass is 79.9. The van der Waals surface area contributed by atoms with Crippen LogP contribution >= 0.6 is 15.9 Å². The maximum atomic E-state index is 14.3. The third-order valence-electron chi connectivity index (χ3n) is 8.72. The molecule has 2 heterocycles. The summed E-state index contributed by atoms with van der Waals surface area (Å²) < 4.78 is 4.10. The van der Waals surface area contributed by atoms with Crippen LogP contribution in [0.15, 0.2) is 68.7 Å². The maximum absolute atomic E-state index is 14.3. The SMILES string of the molecule is CCN(CC)c1ccc(C(c2c(C)[nH]n(-c3ccc(C)c(C)c3)c2=O)c2c(C)[nH]n(-c3ccc(C)c(C)c3)c2=O)cc1Br. The average Bonchev–Trinajstić information content (AvgIpc) is 3.43. The second-order valence-electron chi connectivity index (χ2n) is 11.4. The zero-order chi connectivity index (χ0) is 31.2. The molecule has 7 nitrogen and oxygen atoms in total. The first kappa shape index (κ1) is 30.4. The molecule has 2 N–H and O–H groups in total. The number of hydrogen-bond donors (Lipinski definition) is 2. The van der Waals surface area contributed by atoms with Gasteiger partial charge in [-0.2, -0.15) is 0 Å². The lowest BCUT2D eigenvalue weighted by molar-refractivity contribution is 0.828. The molecule has 0 radical (unpaired) electrons. The summed E-state index contributed by atoms with van der Waals surface area (Å²) >= 11 is 3.81. The van der Waals surface area contributed by atoms with E-state index in [9.17, 15) is 9.59 Å². The van der Waals surface area contributed by atoms with Crippen LogP contribution in [0.2, 0.25) is 0 Å². The van der Waals surface area contributed by atoms with Crippen molar-refractivity contribution in [2.75, 3.05) is 18.0 Å². The molecule has 0 amide bonds. The molecule has 5 aromatic rings. The summed E-state index contributed by atoms with van der Waals surface area (Å²) in [5, 5.41) is 6.63. The Bertz CT molecular complexity index is 1830. The molecule has 5 rings (SSSR count). The lowest BCUT2D eigenvalue weighted by atomic mass is 9.85. The van der Waals surface area contributed by atoms with Crippen LogP contribution < -0.4 is 16.0 Å². The monoisotopic (exact) mass is 641 g/mol. The van der Waals surface area contributed by atoms with Crippen LogP contribution in [0, 0.1) is 41.5 Å². The van der Waals surface area contributed by atoms with E-state index in [2.05, 4.69) is 70.9 Å². The predicted molar refractivity (Wildman–Crippen MR) is 180 cm³/mol. The highest BCUT2D eigenvalue weighted by molar-refractivity contribution is 9.10. The van der Waals surface area contributed by atoms with Gasteiger partial charge in [0.25, 0.3) is 11.1 Å². The van der Waals surface area contributed by atoms with Gasteiger partial charge in [0, 0.05) is 34.9 Å². The molecule has 0 fully saturated rings. The van der Waals surface area contributed by atoms with Crippen LogP contribution in [0.3, 0.4) is 0 Å². The third-order valence-corrected chi connectivity index (χ3v) is 9.35. The quantitative estimate of drug-likeness (QED) is 0.187. The van der Waals surface area contributed by atoms with Crippen molar-refractivity contribution in [2.45, 2.75) is 61.3 Å². The fourth-order valence-corrected chi connectivity index (χ4v) is 6.54. The molecule has 0 saturated heterocycles. The molecule has 0 atom stereocenters. The minimum absolute atomic E-state index is 0.174. The number of aromatic nitrogens is 4. The minimum Gasteiger partial charge on any atom is -0.371 e. The number of H-pyrrole nitrogens is 2. The van der Waals surface area contributed by atoms with Crippen molar-refractivity contribution >= 4 is 21.6 Å². The number of aromatic amines is 2. The number of nitrogens with zero attached hydrogens (tertiary/aromatic N) is 3. The van der Waals surface area contributed by atoms with E-state index in [0.29, 0.717) is 11.1 Å². The molecule has 0 saturated carbocycles. The van der Waals surface area contributed by atoms with Crippen LogP contribution in [0.5, 0.6) is 0 Å². The van der Waals surface area contributed by atoms with Crippen molar-refractivity contribution in [3.8, 4) is 11.4 Å². The third kappa shape index (κ3) is 5.44. The number of anilines is 1. The molecule has 43 heavy (non-hydrogen) atoms. The summed E-state index contributed by atoms with van der Waals surface area (Å²) in [6.07, 6.45) is 0. The first-order valence-corrected chi connectivity index (χ1v) is 15.6. The highest BCUT2D eigenvalue weighted by Gasteiger charge is 2.31. The summed E-state index contributed by atoms with van der Waals surface area (Å²) in [5.41, 5.74) is 10.2. The molecule has 0 aliphatic heterocycles. The van der Waals surface area contributed by atoms with Crippen molar-refractivity contribution in [2.24, 2.45) is 0 Å². The second-order valence-corrected chi connectivity index (χ2v) is 12.3. The minimum atomic E-state index is -0.602. The zero-order valence-electron chi connectivity index (χ0n) is 26.2. The Morgan fingerprint density at radius 1 is 0.674 bits per heavy atom. The Kier molecular flexibility index (Phi) is 8.43. The van der Waals surface area contributed by atoms with Crippen LogP contribution in [0.25, 0.3) is 11.4 Å². The largest absolute Gasteiger partial charge is 0.371 e. The van der Waals surface area contributed by atoms with Crippen LogP contribution in [-0.4, -0.2) is 32.7 Å². The Labute approximate surface area is 261 Å². The highest BCUT2D eigenvalue weighted by Crippen LogP contribution is 2.36. The van der Waals surface area contributed by atoms with Crippen molar-refractivity contribution < 1.29 is 0 Å². The van der Waals surface area contributed by atoms with E-state index < -0.39 is 5.92 Å². The molecule has 8 heteroatoms. The normalized spacial score (nSPS) is 11.5. The number of halogens is 1. The number of aryl methyl sites for hydroxylation is 6. The summed E-state index contributed by atoms with van der Waals surface area (Å²) in [4.78, 5) is 30.9. The first-order valence-electron chi connectivity index (χ1n) is 14.8. The summed E-state index contributed by atoms with van der Waals surface area (Å²) in [7, 11) is 0. The summed E-state index contributed by atoms with van der Waals surface area (Å²) in [5.74, 6) is -0.602. The van der Waals surface area contributed by atoms with Crippen LogP contribution in [-0.2, 0) is 0 Å². The molecular formula is C35H40BrN5O2. The van der Waals surface area contributed by atoms with E-state index in [4.69, 9.17) is 0 Å². The number of hydrogen-bond acceptors (Lipinski definition) is 3. The van der Waals surface area contributed by atoms with E-state index in [1.54, 1.807) is 9.36 Å². The van der Waals surface area contributed by atoms with Crippen molar-refractivity contribution in [1.29, 1.82) is 0 Å². The molecule has 0 bridgehead atoms. The van der Waals surface area contributed by atoms with E-state index >= 15 is 0 Å². The van der Waals surface area contributed by atoms with Gasteiger partial charge in [0.15, 0.2) is 0 Å². The van der Waals surface area contributed by atoms with Gasteiger partial charge in [-0.3, -0.25) is 19.8 Å². The predicted octanol–water partition coefficient (Wildman–Crippen LogP) is 7.28. The topological polar surface area (TPSA) is 78.8 Å². The van der Waals surface area contributed by atoms with Crippen molar-refractivity contribution in [1.82, 2.24) is 19.6 Å². The van der Waals surface area contributed by atoms with E-state index in [-0.39, 0.29) is 11.1 Å². The van der Waals surface area contributed by atoms with E-state index in [0.717, 1.165) is 73.8 Å². The average molecular weight is 643 g/mol. The van der Waals surface area contributed by atoms with Gasteiger partial charge in [0.2, 0.25) is 0 Å². The Morgan fingerprint density at radius 2 is 1.14 bits per heavy atom. The molecule has 0 aliphatic rings. The fourth-order valence-electron chi connectivity index (χ4n) is 5.89. The molecular weight excluding hydrogens is 602 g/mol. The molecule has 224 valence electrons. The van der Waals surface area contributed by atoms with Gasteiger partial charge < -0.3 is 4.90 Å². The molecule has 3 aromatic carbocycles. The molecule has 0 spiro atoms. The van der Waals surface area contributed by atoms with E-state index in [1.165, 1.54) is 0 Å². The number of benzene rings is 3. The van der Waals surface area contributed by atoms with Gasteiger partial charge in [0.1, 0.15) is 0 Å². The number of rotatable bonds is 8. The Morgan fingerprint density at radius 3 is 1.53 bits per heavy atom. The standard InChI is InChI=1S/C35H40BrN5O2/c1-9-39(10-2)30-16-13-26(19-29(30)36)33(31-24(7)37-40(34(31)42)27-14-11-20(3)22(5)17-27)32-25(8)38-41(35(32)43)28-15-12-21(4)23(6)18-28/h11-19,33,37-38H,9-10H2,1-8H3. The van der Waals surface area contributed by atoms with Gasteiger partial charge >= 0.3 is 0 Å². The zero-order valence-corrected chi connectivity index (χ0v) is 27.8. The molecule has 0 aliphatic carbocycles. The second kappa shape index (κ2) is 11.9. The van der Waals surface area contributed by atoms with Crippen molar-refractivity contribution in [3.05, 3.63) is 130 Å².